The molecular weight excluding hydrogens is 370 g/mol. The van der Waals surface area contributed by atoms with Gasteiger partial charge in [-0.05, 0) is 25.1 Å². The van der Waals surface area contributed by atoms with E-state index in [9.17, 15) is 4.79 Å². The average molecular weight is 390 g/mol. The monoisotopic (exact) mass is 389 g/mol. The molecule has 126 valence electrons. The number of rotatable bonds is 2. The van der Waals surface area contributed by atoms with E-state index in [0.29, 0.717) is 0 Å². The zero-order valence-corrected chi connectivity index (χ0v) is 15.7. The molecule has 2 N–H and O–H groups in total. The highest BCUT2D eigenvalue weighted by Crippen LogP contribution is 2.38. The van der Waals surface area contributed by atoms with Crippen molar-refractivity contribution in [3.63, 3.8) is 0 Å². The Morgan fingerprint density at radius 1 is 1.29 bits per heavy atom. The van der Waals surface area contributed by atoms with E-state index in [-0.39, 0.29) is 17.8 Å². The average Bonchev–Trinajstić information content (AvgIpc) is 2.93. The number of benzene rings is 1. The first kappa shape index (κ1) is 16.7. The summed E-state index contributed by atoms with van der Waals surface area (Å²) >= 11 is 3.49. The molecular formula is C17H20BrN5O. The number of halogens is 1. The van der Waals surface area contributed by atoms with Crippen molar-refractivity contribution >= 4 is 27.8 Å². The molecule has 1 aliphatic rings. The van der Waals surface area contributed by atoms with Gasteiger partial charge < -0.3 is 5.73 Å². The van der Waals surface area contributed by atoms with Gasteiger partial charge in [0.15, 0.2) is 5.96 Å². The van der Waals surface area contributed by atoms with Gasteiger partial charge in [-0.3, -0.25) is 14.4 Å². The molecule has 0 saturated heterocycles. The first-order chi connectivity index (χ1) is 11.2. The molecule has 0 bridgehead atoms. The summed E-state index contributed by atoms with van der Waals surface area (Å²) in [5, 5.41) is 4.62. The maximum absolute atomic E-state index is 12.5. The number of hydrogen-bond acceptors (Lipinski definition) is 4. The lowest BCUT2D eigenvalue weighted by atomic mass is 9.82. The van der Waals surface area contributed by atoms with Crippen LogP contribution in [-0.2, 0) is 17.4 Å². The van der Waals surface area contributed by atoms with Crippen LogP contribution in [-0.4, -0.2) is 33.6 Å². The van der Waals surface area contributed by atoms with Crippen molar-refractivity contribution in [3.05, 3.63) is 40.5 Å². The fourth-order valence-electron chi connectivity index (χ4n) is 2.97. The fraction of sp³-hybridized carbons (Fsp3) is 0.353. The molecule has 0 aliphatic carbocycles. The van der Waals surface area contributed by atoms with Gasteiger partial charge in [0.1, 0.15) is 5.54 Å². The largest absolute Gasteiger partial charge is 0.369 e. The van der Waals surface area contributed by atoms with Crippen molar-refractivity contribution in [2.75, 3.05) is 7.05 Å². The quantitative estimate of drug-likeness (QED) is 0.856. The SMILES string of the molecule is C[C@@H]1C(=O)N(C)C(N)=N[C@]1(C)c1cc(-c2cccc(Br)c2)n(C)n1. The predicted molar refractivity (Wildman–Crippen MR) is 97.3 cm³/mol. The Morgan fingerprint density at radius 3 is 2.67 bits per heavy atom. The molecule has 1 aromatic carbocycles. The number of aromatic nitrogens is 2. The maximum Gasteiger partial charge on any atom is 0.234 e. The molecule has 24 heavy (non-hydrogen) atoms. The summed E-state index contributed by atoms with van der Waals surface area (Å²) in [6, 6.07) is 9.99. The second-order valence-corrected chi connectivity index (χ2v) is 7.20. The minimum Gasteiger partial charge on any atom is -0.369 e. The van der Waals surface area contributed by atoms with Crippen molar-refractivity contribution < 1.29 is 4.79 Å². The van der Waals surface area contributed by atoms with Crippen LogP contribution in [0.1, 0.15) is 19.5 Å². The number of hydrogen-bond donors (Lipinski definition) is 1. The van der Waals surface area contributed by atoms with E-state index in [4.69, 9.17) is 5.73 Å². The zero-order valence-electron chi connectivity index (χ0n) is 14.1. The number of guanidine groups is 1. The number of carbonyl (C=O) groups is 1. The van der Waals surface area contributed by atoms with Crippen LogP contribution in [0.4, 0.5) is 0 Å². The lowest BCUT2D eigenvalue weighted by molar-refractivity contribution is -0.133. The van der Waals surface area contributed by atoms with E-state index in [1.807, 2.05) is 55.9 Å². The Morgan fingerprint density at radius 2 is 2.00 bits per heavy atom. The van der Waals surface area contributed by atoms with E-state index in [0.717, 1.165) is 21.4 Å². The van der Waals surface area contributed by atoms with Crippen LogP contribution in [0.2, 0.25) is 0 Å². The van der Waals surface area contributed by atoms with Crippen molar-refractivity contribution in [1.29, 1.82) is 0 Å². The molecule has 0 spiro atoms. The first-order valence-electron chi connectivity index (χ1n) is 7.67. The number of nitrogens with two attached hydrogens (primary N) is 1. The van der Waals surface area contributed by atoms with Crippen LogP contribution in [0.3, 0.4) is 0 Å². The van der Waals surface area contributed by atoms with Crippen LogP contribution in [0.25, 0.3) is 11.3 Å². The normalized spacial score (nSPS) is 24.2. The Kier molecular flexibility index (Phi) is 3.99. The van der Waals surface area contributed by atoms with Gasteiger partial charge in [-0.1, -0.05) is 35.0 Å². The van der Waals surface area contributed by atoms with Gasteiger partial charge in [0.05, 0.1) is 17.3 Å². The van der Waals surface area contributed by atoms with E-state index in [2.05, 4.69) is 26.0 Å². The van der Waals surface area contributed by atoms with E-state index in [1.165, 1.54) is 4.90 Å². The summed E-state index contributed by atoms with van der Waals surface area (Å²) < 4.78 is 2.81. The summed E-state index contributed by atoms with van der Waals surface area (Å²) in [6.45, 7) is 3.77. The topological polar surface area (TPSA) is 76.5 Å². The lowest BCUT2D eigenvalue weighted by Crippen LogP contribution is -2.52. The minimum absolute atomic E-state index is 0.0559. The van der Waals surface area contributed by atoms with Crippen molar-refractivity contribution in [3.8, 4) is 11.3 Å². The van der Waals surface area contributed by atoms with Gasteiger partial charge in [0.25, 0.3) is 0 Å². The second-order valence-electron chi connectivity index (χ2n) is 6.29. The Bertz CT molecular complexity index is 843. The Balaban J connectivity index is 2.11. The Hall–Kier alpha value is -2.15. The van der Waals surface area contributed by atoms with Crippen molar-refractivity contribution in [2.24, 2.45) is 23.7 Å². The van der Waals surface area contributed by atoms with Gasteiger partial charge >= 0.3 is 0 Å². The summed E-state index contributed by atoms with van der Waals surface area (Å²) in [7, 11) is 3.53. The lowest BCUT2D eigenvalue weighted by Gasteiger charge is -2.37. The van der Waals surface area contributed by atoms with E-state index >= 15 is 0 Å². The first-order valence-corrected chi connectivity index (χ1v) is 8.46. The third-order valence-corrected chi connectivity index (χ3v) is 5.25. The molecule has 3 rings (SSSR count). The number of aliphatic imine (C=N–C) groups is 1. The van der Waals surface area contributed by atoms with Crippen molar-refractivity contribution in [2.45, 2.75) is 19.4 Å². The molecule has 7 heteroatoms. The second kappa shape index (κ2) is 5.73. The summed E-state index contributed by atoms with van der Waals surface area (Å²) in [5.41, 5.74) is 7.88. The van der Waals surface area contributed by atoms with Crippen LogP contribution in [0.5, 0.6) is 0 Å². The highest BCUT2D eigenvalue weighted by molar-refractivity contribution is 9.10. The van der Waals surface area contributed by atoms with Crippen LogP contribution in [0, 0.1) is 5.92 Å². The summed E-state index contributed by atoms with van der Waals surface area (Å²) in [5.74, 6) is -0.185. The number of aryl methyl sites for hydroxylation is 1. The molecule has 2 aromatic rings. The molecule has 1 aromatic heterocycles. The maximum atomic E-state index is 12.5. The number of amides is 1. The zero-order chi connectivity index (χ0) is 17.6. The van der Waals surface area contributed by atoms with E-state index < -0.39 is 5.54 Å². The van der Waals surface area contributed by atoms with Gasteiger partial charge in [0, 0.05) is 24.1 Å². The van der Waals surface area contributed by atoms with Crippen LogP contribution < -0.4 is 5.73 Å². The molecule has 6 nitrogen and oxygen atoms in total. The smallest absolute Gasteiger partial charge is 0.234 e. The predicted octanol–water partition coefficient (Wildman–Crippen LogP) is 2.49. The molecule has 0 radical (unpaired) electrons. The molecule has 1 amide bonds. The minimum atomic E-state index is -0.782. The molecule has 0 fully saturated rings. The highest BCUT2D eigenvalue weighted by atomic mass is 79.9. The Labute approximate surface area is 149 Å². The van der Waals surface area contributed by atoms with Gasteiger partial charge in [-0.2, -0.15) is 5.10 Å². The third kappa shape index (κ3) is 2.53. The molecule has 2 atom stereocenters. The number of carbonyl (C=O) groups excluding carboxylic acids is 1. The fourth-order valence-corrected chi connectivity index (χ4v) is 3.36. The van der Waals surface area contributed by atoms with Gasteiger partial charge in [-0.25, -0.2) is 4.99 Å². The summed E-state index contributed by atoms with van der Waals surface area (Å²) in [6.07, 6.45) is 0. The van der Waals surface area contributed by atoms with Gasteiger partial charge in [0.2, 0.25) is 5.91 Å². The molecule has 0 unspecified atom stereocenters. The molecule has 2 heterocycles. The van der Waals surface area contributed by atoms with Crippen LogP contribution >= 0.6 is 15.9 Å². The number of nitrogens with zero attached hydrogens (tertiary/aromatic N) is 4. The third-order valence-electron chi connectivity index (χ3n) is 4.75. The summed E-state index contributed by atoms with van der Waals surface area (Å²) in [4.78, 5) is 18.4. The highest BCUT2D eigenvalue weighted by Gasteiger charge is 2.45. The van der Waals surface area contributed by atoms with Gasteiger partial charge in [-0.15, -0.1) is 0 Å². The van der Waals surface area contributed by atoms with Crippen LogP contribution in [0.15, 0.2) is 39.8 Å². The molecule has 0 saturated carbocycles. The molecule has 1 aliphatic heterocycles. The standard InChI is InChI=1S/C17H20BrN5O/c1-10-15(24)22(3)16(19)20-17(10,2)14-9-13(23(4)21-14)11-6-5-7-12(18)8-11/h5-10H,1-4H3,(H2,19,20)/t10-,17+/m1/s1. The van der Waals surface area contributed by atoms with E-state index in [1.54, 1.807) is 7.05 Å². The van der Waals surface area contributed by atoms with Crippen molar-refractivity contribution in [1.82, 2.24) is 14.7 Å².